The molecule has 1 rings (SSSR count). The van der Waals surface area contributed by atoms with Gasteiger partial charge in [0.1, 0.15) is 14.7 Å². The molecule has 0 atom stereocenters. The summed E-state index contributed by atoms with van der Waals surface area (Å²) in [5.41, 5.74) is 0.462. The zero-order valence-corrected chi connectivity index (χ0v) is 11.8. The third-order valence-corrected chi connectivity index (χ3v) is 4.68. The highest BCUT2D eigenvalue weighted by molar-refractivity contribution is 7.91. The lowest BCUT2D eigenvalue weighted by Gasteiger charge is -2.10. The van der Waals surface area contributed by atoms with Crippen LogP contribution < -0.4 is 10.0 Å². The SMILES string of the molecule is CNc1ccccc1S(=O)(=O)NCCS(C)(=O)=O. The molecule has 0 radical (unpaired) electrons. The maximum Gasteiger partial charge on any atom is 0.242 e. The fourth-order valence-corrected chi connectivity index (χ4v) is 3.19. The molecular weight excluding hydrogens is 276 g/mol. The zero-order chi connectivity index (χ0) is 13.8. The van der Waals surface area contributed by atoms with Gasteiger partial charge in [-0.25, -0.2) is 21.6 Å². The Bertz CT molecular complexity index is 609. The van der Waals surface area contributed by atoms with Gasteiger partial charge < -0.3 is 5.32 Å². The minimum Gasteiger partial charge on any atom is -0.387 e. The highest BCUT2D eigenvalue weighted by Gasteiger charge is 2.17. The van der Waals surface area contributed by atoms with Gasteiger partial charge in [-0.1, -0.05) is 12.1 Å². The standard InChI is InChI=1S/C10H16N2O4S2/c1-11-9-5-3-4-6-10(9)18(15,16)12-7-8-17(2,13)14/h3-6,11-12H,7-8H2,1-2H3. The van der Waals surface area contributed by atoms with Crippen LogP contribution >= 0.6 is 0 Å². The Morgan fingerprint density at radius 3 is 2.28 bits per heavy atom. The monoisotopic (exact) mass is 292 g/mol. The minimum atomic E-state index is -3.70. The predicted octanol–water partition coefficient (Wildman–Crippen LogP) is 0.0512. The van der Waals surface area contributed by atoms with Crippen molar-refractivity contribution in [3.8, 4) is 0 Å². The Labute approximate surface area is 107 Å². The molecule has 0 bridgehead atoms. The molecule has 0 amide bonds. The van der Waals surface area contributed by atoms with Gasteiger partial charge in [-0.2, -0.15) is 0 Å². The molecule has 0 saturated carbocycles. The summed E-state index contributed by atoms with van der Waals surface area (Å²) in [6.45, 7) is -0.140. The molecule has 0 fully saturated rings. The average Bonchev–Trinajstić information content (AvgIpc) is 2.27. The van der Waals surface area contributed by atoms with E-state index in [0.717, 1.165) is 6.26 Å². The number of hydrogen-bond donors (Lipinski definition) is 2. The molecule has 0 unspecified atom stereocenters. The second-order valence-corrected chi connectivity index (χ2v) is 7.77. The van der Waals surface area contributed by atoms with E-state index < -0.39 is 19.9 Å². The Kier molecular flexibility index (Phi) is 4.71. The second kappa shape index (κ2) is 5.68. The number of sulfonamides is 1. The first-order valence-electron chi connectivity index (χ1n) is 5.20. The third kappa shape index (κ3) is 4.28. The molecule has 2 N–H and O–H groups in total. The molecule has 1 aromatic rings. The van der Waals surface area contributed by atoms with E-state index in [1.807, 2.05) is 0 Å². The summed E-state index contributed by atoms with van der Waals surface area (Å²) >= 11 is 0. The van der Waals surface area contributed by atoms with Crippen LogP contribution in [0.4, 0.5) is 5.69 Å². The predicted molar refractivity (Wildman–Crippen MR) is 70.9 cm³/mol. The summed E-state index contributed by atoms with van der Waals surface area (Å²) in [6, 6.07) is 6.40. The molecule has 0 aromatic heterocycles. The van der Waals surface area contributed by atoms with Crippen LogP contribution in [0, 0.1) is 0 Å². The topological polar surface area (TPSA) is 92.3 Å². The van der Waals surface area contributed by atoms with Gasteiger partial charge in [0.25, 0.3) is 0 Å². The lowest BCUT2D eigenvalue weighted by Crippen LogP contribution is -2.29. The van der Waals surface area contributed by atoms with E-state index >= 15 is 0 Å². The van der Waals surface area contributed by atoms with Crippen LogP contribution in [0.3, 0.4) is 0 Å². The first kappa shape index (κ1) is 14.9. The molecule has 6 nitrogen and oxygen atoms in total. The first-order chi connectivity index (χ1) is 8.26. The minimum absolute atomic E-state index is 0.0981. The number of rotatable bonds is 6. The maximum absolute atomic E-state index is 12.0. The summed E-state index contributed by atoms with van der Waals surface area (Å²) in [4.78, 5) is 0.0981. The van der Waals surface area contributed by atoms with Gasteiger partial charge in [0.15, 0.2) is 0 Å². The van der Waals surface area contributed by atoms with Crippen molar-refractivity contribution in [3.05, 3.63) is 24.3 Å². The van der Waals surface area contributed by atoms with Crippen molar-refractivity contribution in [2.45, 2.75) is 4.90 Å². The van der Waals surface area contributed by atoms with Crippen LogP contribution in [-0.4, -0.2) is 42.4 Å². The molecule has 102 valence electrons. The van der Waals surface area contributed by atoms with Crippen molar-refractivity contribution in [1.82, 2.24) is 4.72 Å². The number of sulfone groups is 1. The maximum atomic E-state index is 12.0. The summed E-state index contributed by atoms with van der Waals surface area (Å²) in [7, 11) is -5.27. The van der Waals surface area contributed by atoms with E-state index in [0.29, 0.717) is 5.69 Å². The van der Waals surface area contributed by atoms with Gasteiger partial charge in [0, 0.05) is 19.8 Å². The number of anilines is 1. The van der Waals surface area contributed by atoms with Gasteiger partial charge in [-0.15, -0.1) is 0 Å². The van der Waals surface area contributed by atoms with Crippen molar-refractivity contribution in [2.24, 2.45) is 0 Å². The molecule has 0 saturated heterocycles. The number of benzene rings is 1. The third-order valence-electron chi connectivity index (χ3n) is 2.21. The molecule has 0 aliphatic rings. The summed E-state index contributed by atoms with van der Waals surface area (Å²) in [6.07, 6.45) is 1.06. The second-order valence-electron chi connectivity index (χ2n) is 3.77. The number of nitrogens with one attached hydrogen (secondary N) is 2. The molecular formula is C10H16N2O4S2. The Morgan fingerprint density at radius 1 is 1.11 bits per heavy atom. The largest absolute Gasteiger partial charge is 0.387 e. The lowest BCUT2D eigenvalue weighted by molar-refractivity contribution is 0.582. The highest BCUT2D eigenvalue weighted by atomic mass is 32.2. The van der Waals surface area contributed by atoms with Crippen molar-refractivity contribution in [2.75, 3.05) is 30.9 Å². The van der Waals surface area contributed by atoms with Crippen LogP contribution in [0.5, 0.6) is 0 Å². The Balaban J connectivity index is 2.87. The van der Waals surface area contributed by atoms with Crippen LogP contribution in [0.15, 0.2) is 29.2 Å². The van der Waals surface area contributed by atoms with Gasteiger partial charge in [0.2, 0.25) is 10.0 Å². The molecule has 0 spiro atoms. The molecule has 18 heavy (non-hydrogen) atoms. The van der Waals surface area contributed by atoms with Crippen LogP contribution in [0.1, 0.15) is 0 Å². The number of para-hydroxylation sites is 1. The molecule has 1 aromatic carbocycles. The van der Waals surface area contributed by atoms with Crippen molar-refractivity contribution >= 4 is 25.5 Å². The zero-order valence-electron chi connectivity index (χ0n) is 10.2. The normalized spacial score (nSPS) is 12.3. The van der Waals surface area contributed by atoms with E-state index in [1.54, 1.807) is 25.2 Å². The van der Waals surface area contributed by atoms with Gasteiger partial charge >= 0.3 is 0 Å². The van der Waals surface area contributed by atoms with E-state index in [1.165, 1.54) is 6.07 Å². The molecule has 0 aliphatic carbocycles. The van der Waals surface area contributed by atoms with Crippen molar-refractivity contribution in [3.63, 3.8) is 0 Å². The smallest absolute Gasteiger partial charge is 0.242 e. The van der Waals surface area contributed by atoms with Gasteiger partial charge in [-0.3, -0.25) is 0 Å². The van der Waals surface area contributed by atoms with Gasteiger partial charge in [-0.05, 0) is 12.1 Å². The first-order valence-corrected chi connectivity index (χ1v) is 8.75. The van der Waals surface area contributed by atoms with Gasteiger partial charge in [0.05, 0.1) is 11.4 Å². The molecule has 8 heteroatoms. The van der Waals surface area contributed by atoms with Crippen molar-refractivity contribution in [1.29, 1.82) is 0 Å². The lowest BCUT2D eigenvalue weighted by atomic mass is 10.3. The van der Waals surface area contributed by atoms with E-state index in [4.69, 9.17) is 0 Å². The number of hydrogen-bond acceptors (Lipinski definition) is 5. The Morgan fingerprint density at radius 2 is 1.72 bits per heavy atom. The summed E-state index contributed by atoms with van der Waals surface area (Å²) in [5.74, 6) is -0.228. The fraction of sp³-hybridized carbons (Fsp3) is 0.400. The highest BCUT2D eigenvalue weighted by Crippen LogP contribution is 2.19. The van der Waals surface area contributed by atoms with Crippen LogP contribution in [0.25, 0.3) is 0 Å². The molecule has 0 aliphatic heterocycles. The van der Waals surface area contributed by atoms with E-state index in [2.05, 4.69) is 10.0 Å². The van der Waals surface area contributed by atoms with E-state index in [9.17, 15) is 16.8 Å². The molecule has 0 heterocycles. The quantitative estimate of drug-likeness (QED) is 0.773. The van der Waals surface area contributed by atoms with Crippen LogP contribution in [-0.2, 0) is 19.9 Å². The summed E-state index contributed by atoms with van der Waals surface area (Å²) in [5, 5.41) is 2.77. The Hall–Kier alpha value is -1.12. The summed E-state index contributed by atoms with van der Waals surface area (Å²) < 4.78 is 48.0. The average molecular weight is 292 g/mol. The fourth-order valence-electron chi connectivity index (χ4n) is 1.35. The van der Waals surface area contributed by atoms with E-state index in [-0.39, 0.29) is 17.2 Å². The van der Waals surface area contributed by atoms with Crippen molar-refractivity contribution < 1.29 is 16.8 Å². The van der Waals surface area contributed by atoms with Crippen LogP contribution in [0.2, 0.25) is 0 Å².